The number of hydrogen-bond acceptors (Lipinski definition) is 6. The number of nitrogens with one attached hydrogen (secondary N) is 1. The minimum absolute atomic E-state index is 0. The van der Waals surface area contributed by atoms with Crippen LogP contribution in [0.25, 0.3) is 10.9 Å². The van der Waals surface area contributed by atoms with Crippen molar-refractivity contribution in [1.82, 2.24) is 9.47 Å². The zero-order chi connectivity index (χ0) is 26.4. The molecular formula is C26H29ClN4O6. The maximum atomic E-state index is 13.1. The summed E-state index contributed by atoms with van der Waals surface area (Å²) in [6.45, 7) is 0.750. The first-order valence-electron chi connectivity index (χ1n) is 11.3. The van der Waals surface area contributed by atoms with Gasteiger partial charge >= 0.3 is 11.9 Å². The molecule has 1 heterocycles. The van der Waals surface area contributed by atoms with Gasteiger partial charge in [0.1, 0.15) is 12.4 Å². The second-order valence-electron chi connectivity index (χ2n) is 8.29. The van der Waals surface area contributed by atoms with E-state index >= 15 is 0 Å². The molecule has 0 bridgehead atoms. The molecule has 0 aliphatic rings. The number of aromatic nitrogens is 1. The molecule has 196 valence electrons. The number of aliphatic carboxylic acids is 1. The normalized spacial score (nSPS) is 10.4. The number of ether oxygens (including phenoxy) is 1. The molecule has 1 aromatic heterocycles. The van der Waals surface area contributed by atoms with Crippen LogP contribution in [0.15, 0.2) is 48.7 Å². The van der Waals surface area contributed by atoms with Crippen LogP contribution in [0.4, 0.5) is 0 Å². The number of nitrogen functional groups attached to an aromatic ring is 1. The molecule has 2 aromatic carbocycles. The average Bonchev–Trinajstić information content (AvgIpc) is 3.20. The summed E-state index contributed by atoms with van der Waals surface area (Å²) in [6, 6.07) is 12.2. The first-order chi connectivity index (χ1) is 17.1. The lowest BCUT2D eigenvalue weighted by Crippen LogP contribution is -2.36. The average molecular weight is 529 g/mol. The van der Waals surface area contributed by atoms with E-state index < -0.39 is 24.5 Å². The second kappa shape index (κ2) is 12.7. The molecule has 0 aliphatic heterocycles. The van der Waals surface area contributed by atoms with Crippen LogP contribution in [0, 0.1) is 5.41 Å². The van der Waals surface area contributed by atoms with Crippen molar-refractivity contribution in [3.05, 3.63) is 70.9 Å². The molecule has 1 amide bonds. The number of carbonyl (C=O) groups excluding carboxylic acids is 3. The van der Waals surface area contributed by atoms with E-state index in [0.717, 1.165) is 11.1 Å². The Morgan fingerprint density at radius 1 is 1.08 bits per heavy atom. The molecule has 3 rings (SSSR count). The molecule has 0 unspecified atom stereocenters. The molecule has 0 fully saturated rings. The Morgan fingerprint density at radius 2 is 1.73 bits per heavy atom. The number of ketones is 1. The van der Waals surface area contributed by atoms with E-state index in [0.29, 0.717) is 28.5 Å². The number of carbonyl (C=O) groups is 4. The number of amidine groups is 1. The van der Waals surface area contributed by atoms with E-state index in [2.05, 4.69) is 4.74 Å². The molecule has 0 atom stereocenters. The number of nitrogens with zero attached hydrogens (tertiary/aromatic N) is 2. The van der Waals surface area contributed by atoms with Crippen molar-refractivity contribution in [3.8, 4) is 0 Å². The Labute approximate surface area is 219 Å². The quantitative estimate of drug-likeness (QED) is 0.149. The van der Waals surface area contributed by atoms with Gasteiger partial charge in [0.2, 0.25) is 0 Å². The third-order valence-corrected chi connectivity index (χ3v) is 5.79. The third-order valence-electron chi connectivity index (χ3n) is 5.79. The molecule has 0 saturated heterocycles. The fraction of sp³-hybridized carbons (Fsp3) is 0.269. The van der Waals surface area contributed by atoms with Gasteiger partial charge in [0.05, 0.1) is 0 Å². The lowest BCUT2D eigenvalue weighted by Gasteiger charge is -2.20. The zero-order valence-electron chi connectivity index (χ0n) is 20.5. The van der Waals surface area contributed by atoms with Crippen molar-refractivity contribution in [2.45, 2.75) is 19.8 Å². The van der Waals surface area contributed by atoms with Crippen molar-refractivity contribution >= 4 is 52.8 Å². The van der Waals surface area contributed by atoms with Gasteiger partial charge in [-0.05, 0) is 37.1 Å². The van der Waals surface area contributed by atoms with Crippen LogP contribution < -0.4 is 5.73 Å². The highest BCUT2D eigenvalue weighted by atomic mass is 35.5. The zero-order valence-corrected chi connectivity index (χ0v) is 21.3. The number of aryl methyl sites for hydroxylation is 2. The molecule has 0 spiro atoms. The van der Waals surface area contributed by atoms with Crippen LogP contribution >= 0.6 is 12.4 Å². The van der Waals surface area contributed by atoms with Crippen molar-refractivity contribution in [1.29, 1.82) is 5.41 Å². The Balaban J connectivity index is 0.00000481. The Hall–Kier alpha value is -4.18. The van der Waals surface area contributed by atoms with E-state index in [9.17, 15) is 19.2 Å². The van der Waals surface area contributed by atoms with Crippen molar-refractivity contribution in [2.75, 3.05) is 19.7 Å². The van der Waals surface area contributed by atoms with E-state index in [4.69, 9.17) is 16.2 Å². The van der Waals surface area contributed by atoms with E-state index in [1.54, 1.807) is 43.5 Å². The minimum Gasteiger partial charge on any atom is -0.479 e. The Kier molecular flexibility index (Phi) is 9.96. The molecule has 3 aromatic rings. The number of Topliss-reactive ketones (excluding diaryl/α,β-unsaturated/α-hetero) is 1. The maximum Gasteiger partial charge on any atom is 0.341 e. The molecular weight excluding hydrogens is 500 g/mol. The molecule has 0 saturated carbocycles. The molecule has 4 N–H and O–H groups in total. The Morgan fingerprint density at radius 3 is 2.32 bits per heavy atom. The van der Waals surface area contributed by atoms with E-state index in [1.807, 2.05) is 23.7 Å². The SMILES string of the molecule is CCN(CC(=O)OCC(=O)O)C(=O)c1ccc2c(c1)c(C(=O)CCc1ccc(C(=N)N)cc1)cn2C.Cl. The number of fused-ring (bicyclic) bond motifs is 1. The van der Waals surface area contributed by atoms with Crippen molar-refractivity contribution in [3.63, 3.8) is 0 Å². The Bertz CT molecular complexity index is 1330. The lowest BCUT2D eigenvalue weighted by atomic mass is 10.0. The number of likely N-dealkylation sites (N-methyl/N-ethyl adjacent to an activating group) is 1. The first kappa shape index (κ1) is 29.1. The van der Waals surface area contributed by atoms with Crippen LogP contribution in [0.1, 0.15) is 45.2 Å². The summed E-state index contributed by atoms with van der Waals surface area (Å²) in [4.78, 5) is 49.9. The lowest BCUT2D eigenvalue weighted by molar-refractivity contribution is -0.155. The van der Waals surface area contributed by atoms with Gasteiger partial charge in [-0.15, -0.1) is 12.4 Å². The van der Waals surface area contributed by atoms with Gasteiger partial charge in [0, 0.05) is 53.8 Å². The number of halogens is 1. The summed E-state index contributed by atoms with van der Waals surface area (Å²) in [5, 5.41) is 16.7. The molecule has 0 aliphatic carbocycles. The van der Waals surface area contributed by atoms with Gasteiger partial charge in [-0.2, -0.15) is 0 Å². The third kappa shape index (κ3) is 7.17. The number of esters is 1. The van der Waals surface area contributed by atoms with Crippen LogP contribution in [-0.2, 0) is 27.8 Å². The number of rotatable bonds is 11. The highest BCUT2D eigenvalue weighted by Gasteiger charge is 2.21. The maximum absolute atomic E-state index is 13.1. The molecule has 0 radical (unpaired) electrons. The highest BCUT2D eigenvalue weighted by molar-refractivity contribution is 6.10. The predicted octanol–water partition coefficient (Wildman–Crippen LogP) is 2.79. The summed E-state index contributed by atoms with van der Waals surface area (Å²) in [6.07, 6.45) is 2.50. The summed E-state index contributed by atoms with van der Waals surface area (Å²) >= 11 is 0. The number of hydrogen-bond donors (Lipinski definition) is 3. The molecule has 37 heavy (non-hydrogen) atoms. The van der Waals surface area contributed by atoms with Gasteiger partial charge in [-0.1, -0.05) is 24.3 Å². The topological polar surface area (TPSA) is 156 Å². The van der Waals surface area contributed by atoms with Gasteiger partial charge in [0.15, 0.2) is 12.4 Å². The van der Waals surface area contributed by atoms with Gasteiger partial charge in [-0.3, -0.25) is 19.8 Å². The number of nitrogens with two attached hydrogens (primary N) is 1. The minimum atomic E-state index is -1.28. The van der Waals surface area contributed by atoms with Crippen LogP contribution in [0.3, 0.4) is 0 Å². The standard InChI is InChI=1S/C26H28N4O6.ClH/c1-3-30(14-24(34)36-15-23(32)33)26(35)18-9-10-21-19(12-18)20(13-29(21)2)22(31)11-6-16-4-7-17(8-5-16)25(27)28;/h4-5,7-10,12-13H,3,6,11,14-15H2,1-2H3,(H3,27,28)(H,32,33);1H. The smallest absolute Gasteiger partial charge is 0.341 e. The number of amides is 1. The van der Waals surface area contributed by atoms with Crippen molar-refractivity contribution < 1.29 is 29.0 Å². The highest BCUT2D eigenvalue weighted by Crippen LogP contribution is 2.25. The number of carboxylic acids is 1. The molecule has 11 heteroatoms. The van der Waals surface area contributed by atoms with E-state index in [-0.39, 0.29) is 43.5 Å². The van der Waals surface area contributed by atoms with Crippen LogP contribution in [0.2, 0.25) is 0 Å². The van der Waals surface area contributed by atoms with Crippen LogP contribution in [-0.4, -0.2) is 63.7 Å². The molecule has 10 nitrogen and oxygen atoms in total. The van der Waals surface area contributed by atoms with Gasteiger partial charge < -0.3 is 25.0 Å². The fourth-order valence-electron chi connectivity index (χ4n) is 3.84. The summed E-state index contributed by atoms with van der Waals surface area (Å²) in [5.41, 5.74) is 8.62. The summed E-state index contributed by atoms with van der Waals surface area (Å²) in [5.74, 6) is -2.62. The van der Waals surface area contributed by atoms with Gasteiger partial charge in [-0.25, -0.2) is 4.79 Å². The number of benzene rings is 2. The second-order valence-corrected chi connectivity index (χ2v) is 8.29. The van der Waals surface area contributed by atoms with Crippen molar-refractivity contribution in [2.24, 2.45) is 12.8 Å². The van der Waals surface area contributed by atoms with E-state index in [1.165, 1.54) is 4.90 Å². The number of carboxylic acid groups (broad SMARTS) is 1. The van der Waals surface area contributed by atoms with Crippen LogP contribution in [0.5, 0.6) is 0 Å². The predicted molar refractivity (Wildman–Crippen MR) is 140 cm³/mol. The fourth-order valence-corrected chi connectivity index (χ4v) is 3.84. The summed E-state index contributed by atoms with van der Waals surface area (Å²) < 4.78 is 6.45. The first-order valence-corrected chi connectivity index (χ1v) is 11.3. The monoisotopic (exact) mass is 528 g/mol. The largest absolute Gasteiger partial charge is 0.479 e. The van der Waals surface area contributed by atoms with Gasteiger partial charge in [0.25, 0.3) is 5.91 Å². The summed E-state index contributed by atoms with van der Waals surface area (Å²) in [7, 11) is 1.82.